The summed E-state index contributed by atoms with van der Waals surface area (Å²) in [5, 5.41) is 1.46. The molecule has 0 heterocycles. The summed E-state index contributed by atoms with van der Waals surface area (Å²) >= 11 is 2.16. The second kappa shape index (κ2) is 7.07. The van der Waals surface area contributed by atoms with E-state index in [0.717, 1.165) is 18.2 Å². The fourth-order valence-electron chi connectivity index (χ4n) is 2.57. The van der Waals surface area contributed by atoms with Crippen molar-refractivity contribution < 1.29 is 0 Å². The lowest BCUT2D eigenvalue weighted by molar-refractivity contribution is 0.514. The minimum atomic E-state index is 0.601. The molecule has 2 rings (SSSR count). The van der Waals surface area contributed by atoms with Crippen LogP contribution in [-0.2, 0) is 0 Å². The summed E-state index contributed by atoms with van der Waals surface area (Å²) in [7, 11) is 0. The average molecular weight is 249 g/mol. The van der Waals surface area contributed by atoms with Gasteiger partial charge in [0.15, 0.2) is 0 Å². The predicted molar refractivity (Wildman–Crippen MR) is 77.3 cm³/mol. The highest BCUT2D eigenvalue weighted by atomic mass is 32.2. The number of thioether (sulfide) groups is 1. The van der Waals surface area contributed by atoms with Gasteiger partial charge in [-0.2, -0.15) is 11.8 Å². The SMILES string of the molecule is NCCC(SC1CCCCC1)c1ccccc1. The molecule has 0 spiro atoms. The molecule has 2 N–H and O–H groups in total. The molecule has 1 aliphatic rings. The Balaban J connectivity index is 1.96. The van der Waals surface area contributed by atoms with Gasteiger partial charge in [0.1, 0.15) is 0 Å². The van der Waals surface area contributed by atoms with Crippen molar-refractivity contribution >= 4 is 11.8 Å². The van der Waals surface area contributed by atoms with Crippen LogP contribution in [0.5, 0.6) is 0 Å². The second-order valence-electron chi connectivity index (χ2n) is 4.87. The van der Waals surface area contributed by atoms with Crippen molar-refractivity contribution in [2.24, 2.45) is 5.73 Å². The first-order valence-electron chi connectivity index (χ1n) is 6.80. The molecule has 0 radical (unpaired) electrons. The zero-order valence-corrected chi connectivity index (χ0v) is 11.3. The minimum Gasteiger partial charge on any atom is -0.330 e. The molecule has 0 amide bonds. The Morgan fingerprint density at radius 3 is 2.47 bits per heavy atom. The summed E-state index contributed by atoms with van der Waals surface area (Å²) in [6.07, 6.45) is 8.18. The van der Waals surface area contributed by atoms with Gasteiger partial charge < -0.3 is 5.73 Å². The maximum atomic E-state index is 5.76. The van der Waals surface area contributed by atoms with Crippen LogP contribution in [0.25, 0.3) is 0 Å². The Morgan fingerprint density at radius 1 is 1.12 bits per heavy atom. The van der Waals surface area contributed by atoms with E-state index in [4.69, 9.17) is 5.73 Å². The van der Waals surface area contributed by atoms with Crippen LogP contribution in [0.3, 0.4) is 0 Å². The van der Waals surface area contributed by atoms with Crippen LogP contribution in [0.15, 0.2) is 30.3 Å². The summed E-state index contributed by atoms with van der Waals surface area (Å²) in [4.78, 5) is 0. The number of hydrogen-bond acceptors (Lipinski definition) is 2. The molecule has 1 saturated carbocycles. The van der Waals surface area contributed by atoms with Crippen molar-refractivity contribution in [2.75, 3.05) is 6.54 Å². The van der Waals surface area contributed by atoms with E-state index in [-0.39, 0.29) is 0 Å². The Hall–Kier alpha value is -0.470. The Morgan fingerprint density at radius 2 is 1.82 bits per heavy atom. The van der Waals surface area contributed by atoms with E-state index < -0.39 is 0 Å². The van der Waals surface area contributed by atoms with E-state index in [2.05, 4.69) is 42.1 Å². The van der Waals surface area contributed by atoms with E-state index in [1.807, 2.05) is 0 Å². The lowest BCUT2D eigenvalue weighted by Gasteiger charge is -2.26. The van der Waals surface area contributed by atoms with Crippen molar-refractivity contribution in [1.82, 2.24) is 0 Å². The van der Waals surface area contributed by atoms with Crippen LogP contribution >= 0.6 is 11.8 Å². The Bertz CT molecular complexity index is 306. The number of rotatable bonds is 5. The van der Waals surface area contributed by atoms with Gasteiger partial charge in [0.05, 0.1) is 0 Å². The highest BCUT2D eigenvalue weighted by Gasteiger charge is 2.20. The normalized spacial score (nSPS) is 19.1. The third-order valence-corrected chi connectivity index (χ3v) is 5.20. The molecule has 1 nitrogen and oxygen atoms in total. The van der Waals surface area contributed by atoms with Gasteiger partial charge in [0.2, 0.25) is 0 Å². The molecule has 0 aromatic heterocycles. The maximum absolute atomic E-state index is 5.76. The molecule has 0 saturated heterocycles. The minimum absolute atomic E-state index is 0.601. The lowest BCUT2D eigenvalue weighted by Crippen LogP contribution is -2.13. The van der Waals surface area contributed by atoms with Gasteiger partial charge in [-0.3, -0.25) is 0 Å². The van der Waals surface area contributed by atoms with Gasteiger partial charge in [-0.1, -0.05) is 49.6 Å². The Labute approximate surface area is 109 Å². The summed E-state index contributed by atoms with van der Waals surface area (Å²) < 4.78 is 0. The molecule has 0 bridgehead atoms. The number of benzene rings is 1. The highest BCUT2D eigenvalue weighted by Crippen LogP contribution is 2.40. The molecule has 1 aliphatic carbocycles. The van der Waals surface area contributed by atoms with Crippen molar-refractivity contribution in [2.45, 2.75) is 49.0 Å². The molecule has 0 aliphatic heterocycles. The highest BCUT2D eigenvalue weighted by molar-refractivity contribution is 8.00. The van der Waals surface area contributed by atoms with Crippen LogP contribution in [0.1, 0.15) is 49.3 Å². The third-order valence-electron chi connectivity index (χ3n) is 3.51. The van der Waals surface area contributed by atoms with E-state index in [1.165, 1.54) is 37.7 Å². The smallest absolute Gasteiger partial charge is 0.0312 e. The molecule has 17 heavy (non-hydrogen) atoms. The molecular formula is C15H23NS. The van der Waals surface area contributed by atoms with Gasteiger partial charge in [0.25, 0.3) is 0 Å². The first-order chi connectivity index (χ1) is 8.40. The topological polar surface area (TPSA) is 26.0 Å². The molecule has 94 valence electrons. The van der Waals surface area contributed by atoms with Crippen LogP contribution in [0, 0.1) is 0 Å². The van der Waals surface area contributed by atoms with Gasteiger partial charge in [-0.05, 0) is 31.4 Å². The lowest BCUT2D eigenvalue weighted by atomic mass is 10.0. The van der Waals surface area contributed by atoms with Crippen LogP contribution < -0.4 is 5.73 Å². The number of nitrogens with two attached hydrogens (primary N) is 1. The first kappa shape index (κ1) is 13.0. The van der Waals surface area contributed by atoms with Crippen LogP contribution in [-0.4, -0.2) is 11.8 Å². The zero-order valence-electron chi connectivity index (χ0n) is 10.5. The molecule has 1 unspecified atom stereocenters. The molecular weight excluding hydrogens is 226 g/mol. The fourth-order valence-corrected chi connectivity index (χ4v) is 4.22. The second-order valence-corrected chi connectivity index (χ2v) is 6.38. The quantitative estimate of drug-likeness (QED) is 0.848. The molecule has 1 aromatic carbocycles. The van der Waals surface area contributed by atoms with Crippen LogP contribution in [0.4, 0.5) is 0 Å². The summed E-state index contributed by atoms with van der Waals surface area (Å²) in [5.74, 6) is 0. The van der Waals surface area contributed by atoms with Gasteiger partial charge >= 0.3 is 0 Å². The van der Waals surface area contributed by atoms with E-state index in [0.29, 0.717) is 5.25 Å². The Kier molecular flexibility index (Phi) is 5.40. The molecule has 2 heteroatoms. The van der Waals surface area contributed by atoms with E-state index in [1.54, 1.807) is 0 Å². The fraction of sp³-hybridized carbons (Fsp3) is 0.600. The molecule has 1 aromatic rings. The molecule has 1 atom stereocenters. The van der Waals surface area contributed by atoms with Crippen molar-refractivity contribution in [3.8, 4) is 0 Å². The van der Waals surface area contributed by atoms with Crippen molar-refractivity contribution in [3.05, 3.63) is 35.9 Å². The third kappa shape index (κ3) is 4.04. The predicted octanol–water partition coefficient (Wildman–Crippen LogP) is 4.14. The van der Waals surface area contributed by atoms with Crippen LogP contribution in [0.2, 0.25) is 0 Å². The zero-order chi connectivity index (χ0) is 11.9. The largest absolute Gasteiger partial charge is 0.330 e. The van der Waals surface area contributed by atoms with E-state index >= 15 is 0 Å². The summed E-state index contributed by atoms with van der Waals surface area (Å²) in [5.41, 5.74) is 7.21. The standard InChI is InChI=1S/C15H23NS/c16-12-11-15(13-7-3-1-4-8-13)17-14-9-5-2-6-10-14/h1,3-4,7-8,14-15H,2,5-6,9-12,16H2. The van der Waals surface area contributed by atoms with Gasteiger partial charge in [-0.25, -0.2) is 0 Å². The monoisotopic (exact) mass is 249 g/mol. The van der Waals surface area contributed by atoms with Crippen molar-refractivity contribution in [3.63, 3.8) is 0 Å². The number of hydrogen-bond donors (Lipinski definition) is 1. The maximum Gasteiger partial charge on any atom is 0.0312 e. The summed E-state index contributed by atoms with van der Waals surface area (Å²) in [6.45, 7) is 0.791. The first-order valence-corrected chi connectivity index (χ1v) is 7.75. The van der Waals surface area contributed by atoms with Crippen molar-refractivity contribution in [1.29, 1.82) is 0 Å². The average Bonchev–Trinajstić information content (AvgIpc) is 2.40. The van der Waals surface area contributed by atoms with Gasteiger partial charge in [0, 0.05) is 10.5 Å². The molecule has 1 fully saturated rings. The van der Waals surface area contributed by atoms with Gasteiger partial charge in [-0.15, -0.1) is 0 Å². The summed E-state index contributed by atoms with van der Waals surface area (Å²) in [6, 6.07) is 10.9. The van der Waals surface area contributed by atoms with E-state index in [9.17, 15) is 0 Å².